The van der Waals surface area contributed by atoms with Crippen molar-refractivity contribution in [1.29, 1.82) is 0 Å². The Balaban J connectivity index is 2.35. The molecule has 1 rings (SSSR count). The van der Waals surface area contributed by atoms with Crippen LogP contribution in [0.25, 0.3) is 0 Å². The molecule has 0 aromatic heterocycles. The molecule has 0 radical (unpaired) electrons. The summed E-state index contributed by atoms with van der Waals surface area (Å²) in [5, 5.41) is 31.1. The molecule has 0 aliphatic heterocycles. The van der Waals surface area contributed by atoms with Gasteiger partial charge in [-0.15, -0.1) is 0 Å². The average Bonchev–Trinajstić information content (AvgIpc) is 3.35. The second-order valence-electron chi connectivity index (χ2n) is 13.9. The van der Waals surface area contributed by atoms with Crippen LogP contribution in [-0.2, 0) is 28.2 Å². The van der Waals surface area contributed by atoms with Crippen molar-refractivity contribution < 1.29 is 53.3 Å². The molecule has 296 valence electrons. The Hall–Kier alpha value is -1.85. The largest absolute Gasteiger partial charge is 0.469 e. The summed E-state index contributed by atoms with van der Waals surface area (Å²) < 4.78 is 26.3. The third-order valence-corrected chi connectivity index (χ3v) is 9.69. The summed E-state index contributed by atoms with van der Waals surface area (Å²) in [5.74, 6) is -1.49. The van der Waals surface area contributed by atoms with Crippen molar-refractivity contribution >= 4 is 19.8 Å². The van der Waals surface area contributed by atoms with E-state index in [1.54, 1.807) is 6.08 Å². The van der Waals surface area contributed by atoms with Crippen molar-refractivity contribution in [3.63, 3.8) is 0 Å². The summed E-state index contributed by atoms with van der Waals surface area (Å²) in [4.78, 5) is 42.9. The molecule has 1 saturated carbocycles. The van der Waals surface area contributed by atoms with E-state index >= 15 is 0 Å². The molecule has 0 spiro atoms. The molecule has 5 N–H and O–H groups in total. The van der Waals surface area contributed by atoms with Crippen LogP contribution in [0.2, 0.25) is 0 Å². The smallest absolute Gasteiger partial charge is 0.462 e. The number of aliphatic hydroxyl groups excluding tert-OH is 3. The lowest BCUT2D eigenvalue weighted by Gasteiger charge is -2.19. The number of hydrogen-bond donors (Lipinski definition) is 5. The monoisotopic (exact) mass is 744 g/mol. The maximum atomic E-state index is 12.4. The Morgan fingerprint density at radius 2 is 1.33 bits per heavy atom. The van der Waals surface area contributed by atoms with Crippen LogP contribution in [0.5, 0.6) is 0 Å². The Morgan fingerprint density at radius 1 is 0.745 bits per heavy atom. The van der Waals surface area contributed by atoms with E-state index in [0.717, 1.165) is 57.8 Å². The van der Waals surface area contributed by atoms with E-state index < -0.39 is 50.8 Å². The second-order valence-corrected chi connectivity index (χ2v) is 15.1. The lowest BCUT2D eigenvalue weighted by atomic mass is 9.89. The topological polar surface area (TPSA) is 180 Å². The van der Waals surface area contributed by atoms with Gasteiger partial charge in [0, 0.05) is 25.2 Å². The highest BCUT2D eigenvalue weighted by atomic mass is 31.2. The molecule has 51 heavy (non-hydrogen) atoms. The summed E-state index contributed by atoms with van der Waals surface area (Å²) in [6.45, 7) is 3.34. The van der Waals surface area contributed by atoms with E-state index in [9.17, 15) is 29.5 Å². The van der Waals surface area contributed by atoms with Gasteiger partial charge in [0.2, 0.25) is 0 Å². The predicted octanol–water partition coefficient (Wildman–Crippen LogP) is 7.78. The second kappa shape index (κ2) is 29.6. The Bertz CT molecular complexity index is 1040. The number of carbonyl (C=O) groups is 2. The average molecular weight is 745 g/mol. The van der Waals surface area contributed by atoms with Gasteiger partial charge in [0.25, 0.3) is 0 Å². The molecule has 0 amide bonds. The molecular weight excluding hydrogens is 675 g/mol. The van der Waals surface area contributed by atoms with Gasteiger partial charge in [-0.1, -0.05) is 108 Å². The quantitative estimate of drug-likeness (QED) is 0.0202. The molecule has 1 aliphatic carbocycles. The fourth-order valence-corrected chi connectivity index (χ4v) is 6.54. The number of carbonyl (C=O) groups excluding carboxylic acids is 2. The summed E-state index contributed by atoms with van der Waals surface area (Å²) >= 11 is 0. The van der Waals surface area contributed by atoms with Gasteiger partial charge >= 0.3 is 19.8 Å². The van der Waals surface area contributed by atoms with Crippen molar-refractivity contribution in [2.24, 2.45) is 11.8 Å². The first kappa shape index (κ1) is 47.2. The van der Waals surface area contributed by atoms with Crippen molar-refractivity contribution in [3.8, 4) is 0 Å². The molecule has 6 atom stereocenters. The van der Waals surface area contributed by atoms with Gasteiger partial charge in [-0.3, -0.25) is 14.1 Å². The molecule has 0 aromatic rings. The minimum Gasteiger partial charge on any atom is -0.462 e. The van der Waals surface area contributed by atoms with E-state index in [1.807, 2.05) is 18.2 Å². The molecule has 0 bridgehead atoms. The third-order valence-electron chi connectivity index (χ3n) is 9.20. The van der Waals surface area contributed by atoms with Gasteiger partial charge in [-0.2, -0.15) is 0 Å². The number of phosphoric acid groups is 1. The van der Waals surface area contributed by atoms with Gasteiger partial charge in [0.05, 0.1) is 24.9 Å². The number of aliphatic hydroxyl groups is 3. The number of phosphoric ester groups is 1. The molecule has 0 saturated heterocycles. The van der Waals surface area contributed by atoms with Crippen LogP contribution in [0.15, 0.2) is 36.5 Å². The molecule has 1 aliphatic rings. The first-order valence-corrected chi connectivity index (χ1v) is 21.1. The van der Waals surface area contributed by atoms with Crippen LogP contribution in [0.4, 0.5) is 0 Å². The van der Waals surface area contributed by atoms with Crippen LogP contribution in [-0.4, -0.2) is 74.7 Å². The van der Waals surface area contributed by atoms with Crippen molar-refractivity contribution in [2.75, 3.05) is 13.2 Å². The number of allylic oxidation sites excluding steroid dienone is 4. The maximum Gasteiger partial charge on any atom is 0.469 e. The van der Waals surface area contributed by atoms with E-state index in [4.69, 9.17) is 19.3 Å². The van der Waals surface area contributed by atoms with Crippen LogP contribution < -0.4 is 0 Å². The number of hydrogen-bond acceptors (Lipinski definition) is 9. The Labute approximate surface area is 307 Å². The number of ether oxygens (including phenoxy) is 2. The van der Waals surface area contributed by atoms with Crippen LogP contribution >= 0.6 is 7.82 Å². The van der Waals surface area contributed by atoms with Crippen molar-refractivity contribution in [1.82, 2.24) is 0 Å². The summed E-state index contributed by atoms with van der Waals surface area (Å²) in [5.41, 5.74) is 0. The van der Waals surface area contributed by atoms with Crippen molar-refractivity contribution in [3.05, 3.63) is 36.5 Å². The molecule has 11 nitrogen and oxygen atoms in total. The molecule has 0 heterocycles. The summed E-state index contributed by atoms with van der Waals surface area (Å²) in [7, 11) is -4.81. The predicted molar refractivity (Wildman–Crippen MR) is 200 cm³/mol. The summed E-state index contributed by atoms with van der Waals surface area (Å²) in [6, 6.07) is 0. The van der Waals surface area contributed by atoms with Crippen LogP contribution in [0, 0.1) is 11.8 Å². The van der Waals surface area contributed by atoms with Gasteiger partial charge < -0.3 is 34.6 Å². The van der Waals surface area contributed by atoms with Gasteiger partial charge in [0.1, 0.15) is 6.61 Å². The molecular formula is C39H69O11P. The summed E-state index contributed by atoms with van der Waals surface area (Å²) in [6.07, 6.45) is 26.8. The van der Waals surface area contributed by atoms with E-state index in [2.05, 4.69) is 30.5 Å². The SMILES string of the molecule is CCCCCC/C=C\CCCCCCCC(=O)O[C@H](COC(=O)CCC/C=C/C[C@@H]1[C@@H](/C=C/[C@@H](O)CCCCC)[C@H](O)C[C@@H]1O)COP(=O)(O)O. The highest BCUT2D eigenvalue weighted by molar-refractivity contribution is 7.46. The zero-order valence-electron chi connectivity index (χ0n) is 31.3. The minimum absolute atomic E-state index is 0.0884. The number of unbranched alkanes of at least 4 members (excludes halogenated alkanes) is 12. The standard InChI is InChI=1S/C39H69O11P/c1-3-5-7-8-9-10-11-12-13-14-15-16-22-26-39(44)50-33(31-49-51(45,46)47)30-48-38(43)25-21-18-17-20-24-34-35(37(42)29-36(34)41)28-27-32(40)23-19-6-4-2/h10-11,17,20,27-28,32-37,40-42H,3-9,12-16,18-19,21-26,29-31H2,1-2H3,(H2,45,46,47)/b11-10-,20-17+,28-27+/t32-,33+,34+,35+,36-,37+/m0/s1. The first-order valence-electron chi connectivity index (χ1n) is 19.5. The minimum atomic E-state index is -4.81. The fraction of sp³-hybridized carbons (Fsp3) is 0.795. The van der Waals surface area contributed by atoms with Crippen molar-refractivity contribution in [2.45, 2.75) is 173 Å². The van der Waals surface area contributed by atoms with E-state index in [1.165, 1.54) is 25.7 Å². The lowest BCUT2D eigenvalue weighted by Crippen LogP contribution is -2.29. The first-order chi connectivity index (χ1) is 24.5. The van der Waals surface area contributed by atoms with E-state index in [-0.39, 0.29) is 31.3 Å². The maximum absolute atomic E-state index is 12.4. The highest BCUT2D eigenvalue weighted by Crippen LogP contribution is 2.37. The molecule has 0 aromatic carbocycles. The number of rotatable bonds is 31. The number of esters is 2. The zero-order valence-corrected chi connectivity index (χ0v) is 32.2. The normalized spacial score (nSPS) is 20.8. The molecule has 12 heteroatoms. The van der Waals surface area contributed by atoms with E-state index in [0.29, 0.717) is 38.5 Å². The van der Waals surface area contributed by atoms with Gasteiger partial charge in [0.15, 0.2) is 6.10 Å². The molecule has 0 unspecified atom stereocenters. The van der Waals surface area contributed by atoms with Gasteiger partial charge in [-0.05, 0) is 63.7 Å². The lowest BCUT2D eigenvalue weighted by molar-refractivity contribution is -0.161. The highest BCUT2D eigenvalue weighted by Gasteiger charge is 2.39. The van der Waals surface area contributed by atoms with Gasteiger partial charge in [-0.25, -0.2) is 4.57 Å². The zero-order chi connectivity index (χ0) is 37.7. The molecule has 1 fully saturated rings. The van der Waals surface area contributed by atoms with Crippen LogP contribution in [0.1, 0.15) is 149 Å². The third kappa shape index (κ3) is 25.7. The fourth-order valence-electron chi connectivity index (χ4n) is 6.18. The Morgan fingerprint density at radius 3 is 2.02 bits per heavy atom. The Kier molecular flexibility index (Phi) is 27.4. The van der Waals surface area contributed by atoms with Crippen LogP contribution in [0.3, 0.4) is 0 Å².